The summed E-state index contributed by atoms with van der Waals surface area (Å²) in [6, 6.07) is 6.65. The SMILES string of the molecule is CC(C)(C)NC(=O)c1ccc(NC(=O)CCCCC(=O)O)cc1. The average Bonchev–Trinajstić information content (AvgIpc) is 2.42. The zero-order valence-electron chi connectivity index (χ0n) is 13.8. The van der Waals surface area contributed by atoms with Crippen molar-refractivity contribution in [3.63, 3.8) is 0 Å². The molecule has 0 aliphatic carbocycles. The minimum Gasteiger partial charge on any atom is -0.481 e. The molecule has 3 N–H and O–H groups in total. The highest BCUT2D eigenvalue weighted by atomic mass is 16.4. The molecule has 0 fully saturated rings. The molecule has 6 heteroatoms. The van der Waals surface area contributed by atoms with Crippen LogP contribution in [0.1, 0.15) is 56.8 Å². The van der Waals surface area contributed by atoms with Crippen molar-refractivity contribution in [3.8, 4) is 0 Å². The molecule has 1 aromatic rings. The van der Waals surface area contributed by atoms with Crippen LogP contribution in [0.25, 0.3) is 0 Å². The standard InChI is InChI=1S/C17H24N2O4/c1-17(2,3)19-16(23)12-8-10-13(11-9-12)18-14(20)6-4-5-7-15(21)22/h8-11H,4-7H2,1-3H3,(H,18,20)(H,19,23)(H,21,22). The molecule has 6 nitrogen and oxygen atoms in total. The molecular formula is C17H24N2O4. The largest absolute Gasteiger partial charge is 0.481 e. The predicted octanol–water partition coefficient (Wildman–Crippen LogP) is 2.80. The first kappa shape index (κ1) is 18.7. The van der Waals surface area contributed by atoms with E-state index in [-0.39, 0.29) is 30.2 Å². The van der Waals surface area contributed by atoms with Crippen molar-refractivity contribution in [2.75, 3.05) is 5.32 Å². The normalized spacial score (nSPS) is 10.9. The molecule has 0 saturated carbocycles. The van der Waals surface area contributed by atoms with Crippen molar-refractivity contribution in [1.29, 1.82) is 0 Å². The fourth-order valence-electron chi connectivity index (χ4n) is 1.90. The van der Waals surface area contributed by atoms with Crippen molar-refractivity contribution < 1.29 is 19.5 Å². The van der Waals surface area contributed by atoms with Gasteiger partial charge in [0.15, 0.2) is 0 Å². The molecule has 0 radical (unpaired) electrons. The number of benzene rings is 1. The molecule has 0 aliphatic heterocycles. The van der Waals surface area contributed by atoms with E-state index in [1.807, 2.05) is 20.8 Å². The van der Waals surface area contributed by atoms with Gasteiger partial charge in [-0.05, 0) is 57.9 Å². The van der Waals surface area contributed by atoms with E-state index in [0.717, 1.165) is 0 Å². The van der Waals surface area contributed by atoms with Gasteiger partial charge in [0.05, 0.1) is 0 Å². The summed E-state index contributed by atoms with van der Waals surface area (Å²) >= 11 is 0. The summed E-state index contributed by atoms with van der Waals surface area (Å²) in [5.41, 5.74) is 0.833. The van der Waals surface area contributed by atoms with Gasteiger partial charge in [0, 0.05) is 29.6 Å². The summed E-state index contributed by atoms with van der Waals surface area (Å²) in [7, 11) is 0. The Morgan fingerprint density at radius 3 is 2.09 bits per heavy atom. The molecule has 0 saturated heterocycles. The van der Waals surface area contributed by atoms with E-state index in [4.69, 9.17) is 5.11 Å². The first-order valence-corrected chi connectivity index (χ1v) is 7.61. The van der Waals surface area contributed by atoms with Gasteiger partial charge in [-0.1, -0.05) is 0 Å². The lowest BCUT2D eigenvalue weighted by molar-refractivity contribution is -0.137. The smallest absolute Gasteiger partial charge is 0.303 e. The molecule has 0 aliphatic rings. The fraction of sp³-hybridized carbons (Fsp3) is 0.471. The van der Waals surface area contributed by atoms with E-state index in [1.165, 1.54) is 0 Å². The summed E-state index contributed by atoms with van der Waals surface area (Å²) in [6.07, 6.45) is 1.36. The summed E-state index contributed by atoms with van der Waals surface area (Å²) in [5.74, 6) is -1.18. The predicted molar refractivity (Wildman–Crippen MR) is 88.4 cm³/mol. The van der Waals surface area contributed by atoms with E-state index in [0.29, 0.717) is 24.1 Å². The number of aliphatic carboxylic acids is 1. The molecule has 1 rings (SSSR count). The van der Waals surface area contributed by atoms with Crippen LogP contribution in [0.5, 0.6) is 0 Å². The Hall–Kier alpha value is -2.37. The molecule has 0 atom stereocenters. The third-order valence-corrected chi connectivity index (χ3v) is 2.96. The molecule has 0 heterocycles. The van der Waals surface area contributed by atoms with Crippen LogP contribution in [0.4, 0.5) is 5.69 Å². The van der Waals surface area contributed by atoms with E-state index in [1.54, 1.807) is 24.3 Å². The average molecular weight is 320 g/mol. The third kappa shape index (κ3) is 7.99. The van der Waals surface area contributed by atoms with E-state index >= 15 is 0 Å². The highest BCUT2D eigenvalue weighted by molar-refractivity contribution is 5.96. The Kier molecular flexibility index (Phi) is 6.75. The highest BCUT2D eigenvalue weighted by Crippen LogP contribution is 2.12. The van der Waals surface area contributed by atoms with Crippen molar-refractivity contribution in [2.45, 2.75) is 52.0 Å². The number of amides is 2. The first-order chi connectivity index (χ1) is 10.7. The maximum atomic E-state index is 12.0. The van der Waals surface area contributed by atoms with Gasteiger partial charge in [0.25, 0.3) is 5.91 Å². The van der Waals surface area contributed by atoms with E-state index < -0.39 is 5.97 Å². The molecule has 0 bridgehead atoms. The second-order valence-corrected chi connectivity index (χ2v) is 6.43. The Labute approximate surface area is 136 Å². The van der Waals surface area contributed by atoms with Gasteiger partial charge in [0.2, 0.25) is 5.91 Å². The highest BCUT2D eigenvalue weighted by Gasteiger charge is 2.15. The van der Waals surface area contributed by atoms with Gasteiger partial charge in [0.1, 0.15) is 0 Å². The van der Waals surface area contributed by atoms with Gasteiger partial charge in [-0.25, -0.2) is 0 Å². The van der Waals surface area contributed by atoms with E-state index in [9.17, 15) is 14.4 Å². The Bertz CT molecular complexity index is 559. The lowest BCUT2D eigenvalue weighted by Gasteiger charge is -2.20. The quantitative estimate of drug-likeness (QED) is 0.673. The number of hydrogen-bond acceptors (Lipinski definition) is 3. The van der Waals surface area contributed by atoms with Crippen LogP contribution >= 0.6 is 0 Å². The molecule has 2 amide bonds. The Morgan fingerprint density at radius 2 is 1.57 bits per heavy atom. The summed E-state index contributed by atoms with van der Waals surface area (Å²) in [4.78, 5) is 34.1. The van der Waals surface area contributed by atoms with E-state index in [2.05, 4.69) is 10.6 Å². The van der Waals surface area contributed by atoms with Gasteiger partial charge in [-0.2, -0.15) is 0 Å². The second-order valence-electron chi connectivity index (χ2n) is 6.43. The minimum absolute atomic E-state index is 0.0743. The van der Waals surface area contributed by atoms with Crippen molar-refractivity contribution in [2.24, 2.45) is 0 Å². The number of hydrogen-bond donors (Lipinski definition) is 3. The topological polar surface area (TPSA) is 95.5 Å². The summed E-state index contributed by atoms with van der Waals surface area (Å²) in [6.45, 7) is 5.72. The molecule has 0 unspecified atom stereocenters. The van der Waals surface area contributed by atoms with Gasteiger partial charge < -0.3 is 15.7 Å². The number of carboxylic acid groups (broad SMARTS) is 1. The van der Waals surface area contributed by atoms with Crippen LogP contribution < -0.4 is 10.6 Å². The first-order valence-electron chi connectivity index (χ1n) is 7.61. The number of carbonyl (C=O) groups is 3. The van der Waals surface area contributed by atoms with Crippen LogP contribution in [0.15, 0.2) is 24.3 Å². The number of rotatable bonds is 7. The Morgan fingerprint density at radius 1 is 1.00 bits per heavy atom. The molecule has 1 aromatic carbocycles. The zero-order valence-corrected chi connectivity index (χ0v) is 13.8. The van der Waals surface area contributed by atoms with Gasteiger partial charge in [-0.3, -0.25) is 14.4 Å². The summed E-state index contributed by atoms with van der Waals surface area (Å²) in [5, 5.41) is 14.1. The number of carbonyl (C=O) groups excluding carboxylic acids is 2. The van der Waals surface area contributed by atoms with Crippen molar-refractivity contribution in [1.82, 2.24) is 5.32 Å². The number of nitrogens with one attached hydrogen (secondary N) is 2. The Balaban J connectivity index is 2.46. The van der Waals surface area contributed by atoms with Crippen LogP contribution in [0.2, 0.25) is 0 Å². The lowest BCUT2D eigenvalue weighted by Crippen LogP contribution is -2.40. The molecule has 126 valence electrons. The molecule has 0 spiro atoms. The fourth-order valence-corrected chi connectivity index (χ4v) is 1.90. The maximum absolute atomic E-state index is 12.0. The molecule has 23 heavy (non-hydrogen) atoms. The van der Waals surface area contributed by atoms with Crippen LogP contribution in [0, 0.1) is 0 Å². The lowest BCUT2D eigenvalue weighted by atomic mass is 10.1. The van der Waals surface area contributed by atoms with Gasteiger partial charge >= 0.3 is 5.97 Å². The molecule has 0 aromatic heterocycles. The third-order valence-electron chi connectivity index (χ3n) is 2.96. The summed E-state index contributed by atoms with van der Waals surface area (Å²) < 4.78 is 0. The second kappa shape index (κ2) is 8.31. The minimum atomic E-state index is -0.852. The number of unbranched alkanes of at least 4 members (excludes halogenated alkanes) is 1. The van der Waals surface area contributed by atoms with Crippen LogP contribution in [-0.2, 0) is 9.59 Å². The van der Waals surface area contributed by atoms with Crippen molar-refractivity contribution >= 4 is 23.5 Å². The van der Waals surface area contributed by atoms with Gasteiger partial charge in [-0.15, -0.1) is 0 Å². The zero-order chi connectivity index (χ0) is 17.5. The number of anilines is 1. The molecular weight excluding hydrogens is 296 g/mol. The monoisotopic (exact) mass is 320 g/mol. The maximum Gasteiger partial charge on any atom is 0.303 e. The van der Waals surface area contributed by atoms with Crippen LogP contribution in [0.3, 0.4) is 0 Å². The van der Waals surface area contributed by atoms with Crippen LogP contribution in [-0.4, -0.2) is 28.4 Å². The number of carboxylic acids is 1. The van der Waals surface area contributed by atoms with Crippen molar-refractivity contribution in [3.05, 3.63) is 29.8 Å².